The number of hydrogen-bond donors (Lipinski definition) is 0. The minimum atomic E-state index is -1.35. The SMILES string of the molecule is CC1=CC2=NC(=O)C[C@](C)(C(=O)[O-])N2C=C1. The van der Waals surface area contributed by atoms with Crippen molar-refractivity contribution >= 4 is 17.7 Å². The van der Waals surface area contributed by atoms with Crippen molar-refractivity contribution in [2.24, 2.45) is 4.99 Å². The number of aliphatic carboxylic acids is 1. The number of hydrogen-bond acceptors (Lipinski definition) is 4. The van der Waals surface area contributed by atoms with Crippen molar-refractivity contribution < 1.29 is 14.7 Å². The third-order valence-electron chi connectivity index (χ3n) is 2.80. The van der Waals surface area contributed by atoms with Gasteiger partial charge in [-0.15, -0.1) is 0 Å². The number of rotatable bonds is 1. The molecule has 0 fully saturated rings. The van der Waals surface area contributed by atoms with E-state index in [9.17, 15) is 14.7 Å². The molecule has 0 aromatic heterocycles. The second-order valence-corrected chi connectivity index (χ2v) is 4.18. The van der Waals surface area contributed by atoms with E-state index < -0.39 is 17.4 Å². The quantitative estimate of drug-likeness (QED) is 0.601. The number of fused-ring (bicyclic) bond motifs is 1. The standard InChI is InChI=1S/C11H12N2O3/c1-7-3-4-13-8(5-7)12-9(14)6-11(13,2)10(15)16/h3-5H,6H2,1-2H3,(H,15,16)/p-1/t11-/m1/s1. The molecule has 5 nitrogen and oxygen atoms in total. The lowest BCUT2D eigenvalue weighted by Gasteiger charge is -2.43. The molecule has 0 bridgehead atoms. The van der Waals surface area contributed by atoms with Gasteiger partial charge in [0.1, 0.15) is 5.84 Å². The smallest absolute Gasteiger partial charge is 0.250 e. The van der Waals surface area contributed by atoms with Gasteiger partial charge in [0, 0.05) is 6.20 Å². The van der Waals surface area contributed by atoms with Gasteiger partial charge in [-0.25, -0.2) is 0 Å². The lowest BCUT2D eigenvalue weighted by atomic mass is 9.92. The number of allylic oxidation sites excluding steroid dienone is 2. The van der Waals surface area contributed by atoms with Gasteiger partial charge >= 0.3 is 0 Å². The molecule has 1 amide bonds. The maximum atomic E-state index is 11.4. The minimum Gasteiger partial charge on any atom is -0.548 e. The van der Waals surface area contributed by atoms with Crippen molar-refractivity contribution in [2.75, 3.05) is 0 Å². The number of carboxylic acid groups (broad SMARTS) is 1. The molecule has 2 heterocycles. The Bertz CT molecular complexity index is 462. The highest BCUT2D eigenvalue weighted by molar-refractivity contribution is 6.08. The van der Waals surface area contributed by atoms with Crippen LogP contribution in [-0.2, 0) is 9.59 Å². The van der Waals surface area contributed by atoms with Crippen LogP contribution < -0.4 is 5.11 Å². The molecule has 16 heavy (non-hydrogen) atoms. The number of amidine groups is 1. The predicted octanol–water partition coefficient (Wildman–Crippen LogP) is -0.401. The second kappa shape index (κ2) is 3.30. The minimum absolute atomic E-state index is 0.171. The molecule has 1 atom stereocenters. The van der Waals surface area contributed by atoms with Gasteiger partial charge in [0.25, 0.3) is 0 Å². The Morgan fingerprint density at radius 3 is 2.94 bits per heavy atom. The maximum Gasteiger partial charge on any atom is 0.250 e. The molecule has 0 N–H and O–H groups in total. The molecule has 5 heteroatoms. The van der Waals surface area contributed by atoms with Crippen LogP contribution in [0.1, 0.15) is 20.3 Å². The molecule has 84 valence electrons. The Morgan fingerprint density at radius 1 is 1.62 bits per heavy atom. The zero-order chi connectivity index (χ0) is 11.9. The van der Waals surface area contributed by atoms with Crippen molar-refractivity contribution in [3.8, 4) is 0 Å². The summed E-state index contributed by atoms with van der Waals surface area (Å²) < 4.78 is 0. The Labute approximate surface area is 92.8 Å². The first kappa shape index (κ1) is 10.6. The Balaban J connectivity index is 2.51. The zero-order valence-corrected chi connectivity index (χ0v) is 9.06. The van der Waals surface area contributed by atoms with E-state index in [1.54, 1.807) is 18.4 Å². The van der Waals surface area contributed by atoms with Crippen molar-refractivity contribution in [2.45, 2.75) is 25.8 Å². The summed E-state index contributed by atoms with van der Waals surface area (Å²) in [6, 6.07) is 0. The fourth-order valence-electron chi connectivity index (χ4n) is 1.81. The number of aliphatic imine (C=N–C) groups is 1. The number of nitrogens with zero attached hydrogens (tertiary/aromatic N) is 2. The molecule has 0 aromatic carbocycles. The molecule has 0 radical (unpaired) electrons. The van der Waals surface area contributed by atoms with E-state index in [1.165, 1.54) is 11.8 Å². The largest absolute Gasteiger partial charge is 0.548 e. The van der Waals surface area contributed by atoms with E-state index in [0.29, 0.717) is 5.84 Å². The summed E-state index contributed by atoms with van der Waals surface area (Å²) in [7, 11) is 0. The molecule has 0 aliphatic carbocycles. The number of carboxylic acids is 1. The van der Waals surface area contributed by atoms with Gasteiger partial charge in [-0.3, -0.25) is 4.79 Å². The van der Waals surface area contributed by atoms with E-state index >= 15 is 0 Å². The summed E-state index contributed by atoms with van der Waals surface area (Å²) in [4.78, 5) is 27.8. The first-order chi connectivity index (χ1) is 7.43. The maximum absolute atomic E-state index is 11.4. The molecular formula is C11H11N2O3-. The van der Waals surface area contributed by atoms with Crippen LogP contribution in [0.15, 0.2) is 28.9 Å². The van der Waals surface area contributed by atoms with Crippen LogP contribution in [0.4, 0.5) is 0 Å². The predicted molar refractivity (Wildman–Crippen MR) is 55.2 cm³/mol. The molecule has 0 saturated heterocycles. The summed E-state index contributed by atoms with van der Waals surface area (Å²) >= 11 is 0. The second-order valence-electron chi connectivity index (χ2n) is 4.18. The Hall–Kier alpha value is -1.91. The van der Waals surface area contributed by atoms with Gasteiger partial charge in [0.05, 0.1) is 17.9 Å². The van der Waals surface area contributed by atoms with E-state index in [-0.39, 0.29) is 6.42 Å². The lowest BCUT2D eigenvalue weighted by Crippen LogP contribution is -2.61. The van der Waals surface area contributed by atoms with Gasteiger partial charge in [-0.05, 0) is 31.6 Å². The van der Waals surface area contributed by atoms with Crippen molar-refractivity contribution in [3.63, 3.8) is 0 Å². The van der Waals surface area contributed by atoms with Gasteiger partial charge in [-0.2, -0.15) is 4.99 Å². The molecule has 0 unspecified atom stereocenters. The molecular weight excluding hydrogens is 208 g/mol. The first-order valence-electron chi connectivity index (χ1n) is 4.92. The van der Waals surface area contributed by atoms with Crippen LogP contribution in [-0.4, -0.2) is 28.2 Å². The van der Waals surface area contributed by atoms with Crippen LogP contribution in [0.3, 0.4) is 0 Å². The number of carbonyl (C=O) groups is 2. The number of amides is 1. The molecule has 2 aliphatic heterocycles. The third kappa shape index (κ3) is 1.44. The van der Waals surface area contributed by atoms with Gasteiger partial charge in [-0.1, -0.05) is 0 Å². The third-order valence-corrected chi connectivity index (χ3v) is 2.80. The Morgan fingerprint density at radius 2 is 2.31 bits per heavy atom. The van der Waals surface area contributed by atoms with Gasteiger partial charge in [0.15, 0.2) is 0 Å². The fraction of sp³-hybridized carbons (Fsp3) is 0.364. The summed E-state index contributed by atoms with van der Waals surface area (Å²) in [6.07, 6.45) is 4.90. The summed E-state index contributed by atoms with van der Waals surface area (Å²) in [5.41, 5.74) is -0.424. The van der Waals surface area contributed by atoms with Crippen molar-refractivity contribution in [1.29, 1.82) is 0 Å². The number of carbonyl (C=O) groups excluding carboxylic acids is 2. The van der Waals surface area contributed by atoms with E-state index in [2.05, 4.69) is 4.99 Å². The normalized spacial score (nSPS) is 28.4. The highest BCUT2D eigenvalue weighted by Gasteiger charge is 2.40. The van der Waals surface area contributed by atoms with Crippen LogP contribution in [0.5, 0.6) is 0 Å². The highest BCUT2D eigenvalue weighted by atomic mass is 16.4. The van der Waals surface area contributed by atoms with Crippen LogP contribution in [0.25, 0.3) is 0 Å². The van der Waals surface area contributed by atoms with Crippen LogP contribution in [0.2, 0.25) is 0 Å². The Kier molecular flexibility index (Phi) is 2.18. The van der Waals surface area contributed by atoms with Crippen molar-refractivity contribution in [3.05, 3.63) is 23.9 Å². The van der Waals surface area contributed by atoms with Crippen LogP contribution in [0, 0.1) is 0 Å². The molecule has 0 spiro atoms. The van der Waals surface area contributed by atoms with E-state index in [4.69, 9.17) is 0 Å². The average molecular weight is 219 g/mol. The molecule has 2 rings (SSSR count). The van der Waals surface area contributed by atoms with Gasteiger partial charge < -0.3 is 14.8 Å². The molecule has 0 aromatic rings. The summed E-state index contributed by atoms with van der Waals surface area (Å²) in [6.45, 7) is 3.32. The fourth-order valence-corrected chi connectivity index (χ4v) is 1.81. The molecule has 0 saturated carbocycles. The summed E-state index contributed by atoms with van der Waals surface area (Å²) in [5.74, 6) is -1.34. The summed E-state index contributed by atoms with van der Waals surface area (Å²) in [5, 5.41) is 11.1. The van der Waals surface area contributed by atoms with Crippen LogP contribution >= 0.6 is 0 Å². The van der Waals surface area contributed by atoms with Gasteiger partial charge in [0.2, 0.25) is 5.91 Å². The molecule has 2 aliphatic rings. The topological polar surface area (TPSA) is 72.8 Å². The van der Waals surface area contributed by atoms with E-state index in [0.717, 1.165) is 5.57 Å². The average Bonchev–Trinajstić information content (AvgIpc) is 2.15. The first-order valence-corrected chi connectivity index (χ1v) is 4.92. The highest BCUT2D eigenvalue weighted by Crippen LogP contribution is 2.28. The zero-order valence-electron chi connectivity index (χ0n) is 9.06. The van der Waals surface area contributed by atoms with E-state index in [1.807, 2.05) is 6.92 Å². The lowest BCUT2D eigenvalue weighted by molar-refractivity contribution is -0.316. The monoisotopic (exact) mass is 219 g/mol. The van der Waals surface area contributed by atoms with Crippen molar-refractivity contribution in [1.82, 2.24) is 4.90 Å².